The number of amides is 1. The Morgan fingerprint density at radius 1 is 1.28 bits per heavy atom. The molecule has 1 saturated heterocycles. The Morgan fingerprint density at radius 3 is 2.68 bits per heavy atom. The molecule has 0 aliphatic carbocycles. The van der Waals surface area contributed by atoms with Crippen molar-refractivity contribution in [2.24, 2.45) is 0 Å². The van der Waals surface area contributed by atoms with Gasteiger partial charge in [0.05, 0.1) is 24.4 Å². The zero-order valence-electron chi connectivity index (χ0n) is 14.9. The normalized spacial score (nSPS) is 17.8. The third-order valence-electron chi connectivity index (χ3n) is 4.37. The van der Waals surface area contributed by atoms with Crippen molar-refractivity contribution in [1.29, 1.82) is 0 Å². The number of hydrogen-bond donors (Lipinski definition) is 1. The molecule has 0 bridgehead atoms. The SMILES string of the molecule is CC(C)NC(=O)[C@@H](C)N1CCN(Cc2nc(-c3ccoc3)no2)CC1. The predicted octanol–water partition coefficient (Wildman–Crippen LogP) is 1.36. The number of hydrogen-bond acceptors (Lipinski definition) is 7. The van der Waals surface area contributed by atoms with Crippen LogP contribution >= 0.6 is 0 Å². The van der Waals surface area contributed by atoms with Gasteiger partial charge in [0.25, 0.3) is 0 Å². The van der Waals surface area contributed by atoms with Crippen LogP contribution in [0.4, 0.5) is 0 Å². The van der Waals surface area contributed by atoms with Gasteiger partial charge in [-0.15, -0.1) is 0 Å². The van der Waals surface area contributed by atoms with E-state index in [-0.39, 0.29) is 18.0 Å². The van der Waals surface area contributed by atoms with Crippen LogP contribution in [0.15, 0.2) is 27.5 Å². The molecule has 3 heterocycles. The fourth-order valence-corrected chi connectivity index (χ4v) is 2.90. The zero-order valence-corrected chi connectivity index (χ0v) is 14.9. The quantitative estimate of drug-likeness (QED) is 0.844. The summed E-state index contributed by atoms with van der Waals surface area (Å²) in [5.74, 6) is 1.22. The highest BCUT2D eigenvalue weighted by atomic mass is 16.5. The minimum Gasteiger partial charge on any atom is -0.472 e. The Morgan fingerprint density at radius 2 is 2.04 bits per heavy atom. The van der Waals surface area contributed by atoms with E-state index < -0.39 is 0 Å². The number of piperazine rings is 1. The summed E-state index contributed by atoms with van der Waals surface area (Å²) in [5.41, 5.74) is 0.810. The number of aromatic nitrogens is 2. The van der Waals surface area contributed by atoms with Gasteiger partial charge in [-0.2, -0.15) is 4.98 Å². The molecule has 1 amide bonds. The lowest BCUT2D eigenvalue weighted by Crippen LogP contribution is -2.54. The van der Waals surface area contributed by atoms with Crippen molar-refractivity contribution in [2.75, 3.05) is 26.2 Å². The van der Waals surface area contributed by atoms with E-state index in [1.165, 1.54) is 0 Å². The van der Waals surface area contributed by atoms with Gasteiger partial charge in [-0.25, -0.2) is 0 Å². The topological polar surface area (TPSA) is 87.6 Å². The Hall–Kier alpha value is -2.19. The fraction of sp³-hybridized carbons (Fsp3) is 0.588. The number of nitrogens with one attached hydrogen (secondary N) is 1. The third kappa shape index (κ3) is 4.46. The summed E-state index contributed by atoms with van der Waals surface area (Å²) in [5, 5.41) is 6.95. The van der Waals surface area contributed by atoms with Crippen molar-refractivity contribution in [3.8, 4) is 11.4 Å². The van der Waals surface area contributed by atoms with E-state index in [4.69, 9.17) is 8.94 Å². The van der Waals surface area contributed by atoms with Crippen molar-refractivity contribution >= 4 is 5.91 Å². The molecular formula is C17H25N5O3. The molecule has 0 spiro atoms. The van der Waals surface area contributed by atoms with Gasteiger partial charge >= 0.3 is 0 Å². The number of carbonyl (C=O) groups is 1. The zero-order chi connectivity index (χ0) is 17.8. The molecule has 1 aliphatic heterocycles. The van der Waals surface area contributed by atoms with E-state index in [0.717, 1.165) is 31.7 Å². The molecule has 1 atom stereocenters. The average Bonchev–Trinajstić information content (AvgIpc) is 3.25. The summed E-state index contributed by atoms with van der Waals surface area (Å²) in [4.78, 5) is 21.0. The first kappa shape index (κ1) is 17.6. The van der Waals surface area contributed by atoms with E-state index >= 15 is 0 Å². The summed E-state index contributed by atoms with van der Waals surface area (Å²) in [7, 11) is 0. The van der Waals surface area contributed by atoms with Gasteiger partial charge in [-0.05, 0) is 26.8 Å². The van der Waals surface area contributed by atoms with Gasteiger partial charge in [-0.3, -0.25) is 14.6 Å². The molecule has 2 aromatic rings. The lowest BCUT2D eigenvalue weighted by Gasteiger charge is -2.37. The highest BCUT2D eigenvalue weighted by Gasteiger charge is 2.26. The molecule has 3 rings (SSSR count). The predicted molar refractivity (Wildman–Crippen MR) is 91.6 cm³/mol. The molecule has 1 aliphatic rings. The molecule has 1 fully saturated rings. The lowest BCUT2D eigenvalue weighted by molar-refractivity contribution is -0.127. The van der Waals surface area contributed by atoms with Gasteiger partial charge in [0.15, 0.2) is 0 Å². The van der Waals surface area contributed by atoms with Gasteiger partial charge in [0.1, 0.15) is 6.26 Å². The maximum absolute atomic E-state index is 12.1. The Kier molecular flexibility index (Phi) is 5.50. The maximum atomic E-state index is 12.1. The van der Waals surface area contributed by atoms with E-state index in [1.54, 1.807) is 18.6 Å². The molecule has 0 aromatic carbocycles. The number of nitrogens with zero attached hydrogens (tertiary/aromatic N) is 4. The van der Waals surface area contributed by atoms with Crippen molar-refractivity contribution in [2.45, 2.75) is 39.4 Å². The summed E-state index contributed by atoms with van der Waals surface area (Å²) in [6, 6.07) is 1.86. The van der Waals surface area contributed by atoms with E-state index in [0.29, 0.717) is 18.3 Å². The highest BCUT2D eigenvalue weighted by Crippen LogP contribution is 2.17. The van der Waals surface area contributed by atoms with Gasteiger partial charge in [0.2, 0.25) is 17.6 Å². The molecule has 0 saturated carbocycles. The second kappa shape index (κ2) is 7.79. The van der Waals surface area contributed by atoms with Gasteiger partial charge < -0.3 is 14.3 Å². The Bertz CT molecular complexity index is 674. The molecule has 1 N–H and O–H groups in total. The van der Waals surface area contributed by atoms with Crippen molar-refractivity contribution in [1.82, 2.24) is 25.3 Å². The summed E-state index contributed by atoms with van der Waals surface area (Å²) < 4.78 is 10.4. The first-order valence-electron chi connectivity index (χ1n) is 8.65. The van der Waals surface area contributed by atoms with E-state index in [2.05, 4.69) is 25.3 Å². The van der Waals surface area contributed by atoms with Crippen molar-refractivity contribution < 1.29 is 13.7 Å². The monoisotopic (exact) mass is 347 g/mol. The molecule has 8 heteroatoms. The smallest absolute Gasteiger partial charge is 0.241 e. The fourth-order valence-electron chi connectivity index (χ4n) is 2.90. The van der Waals surface area contributed by atoms with Crippen molar-refractivity contribution in [3.63, 3.8) is 0 Å². The Balaban J connectivity index is 1.49. The van der Waals surface area contributed by atoms with Crippen molar-refractivity contribution in [3.05, 3.63) is 24.5 Å². The van der Waals surface area contributed by atoms with Crippen LogP contribution in [0.3, 0.4) is 0 Å². The standard InChI is InChI=1S/C17H25N5O3/c1-12(2)18-17(23)13(3)22-7-5-21(6-8-22)10-15-19-16(20-25-15)14-4-9-24-11-14/h4,9,11-13H,5-8,10H2,1-3H3,(H,18,23)/t13-/m1/s1. The van der Waals surface area contributed by atoms with Crippen LogP contribution < -0.4 is 5.32 Å². The first-order chi connectivity index (χ1) is 12.0. The minimum absolute atomic E-state index is 0.0881. The second-order valence-corrected chi connectivity index (χ2v) is 6.68. The van der Waals surface area contributed by atoms with E-state index in [9.17, 15) is 4.79 Å². The summed E-state index contributed by atoms with van der Waals surface area (Å²) >= 11 is 0. The average molecular weight is 347 g/mol. The summed E-state index contributed by atoms with van der Waals surface area (Å²) in [6.45, 7) is 9.94. The first-order valence-corrected chi connectivity index (χ1v) is 8.65. The number of rotatable bonds is 6. The van der Waals surface area contributed by atoms with Crippen LogP contribution in [0.25, 0.3) is 11.4 Å². The molecule has 2 aromatic heterocycles. The molecule has 0 radical (unpaired) electrons. The maximum Gasteiger partial charge on any atom is 0.241 e. The molecular weight excluding hydrogens is 322 g/mol. The van der Waals surface area contributed by atoms with Crippen LogP contribution in [-0.2, 0) is 11.3 Å². The van der Waals surface area contributed by atoms with Crippen LogP contribution in [-0.4, -0.2) is 64.1 Å². The van der Waals surface area contributed by atoms with Gasteiger partial charge in [-0.1, -0.05) is 5.16 Å². The van der Waals surface area contributed by atoms with Crippen LogP contribution in [0, 0.1) is 0 Å². The minimum atomic E-state index is -0.111. The number of carbonyl (C=O) groups excluding carboxylic acids is 1. The van der Waals surface area contributed by atoms with Crippen LogP contribution in [0.2, 0.25) is 0 Å². The Labute approximate surface area is 147 Å². The lowest BCUT2D eigenvalue weighted by atomic mass is 10.2. The molecule has 25 heavy (non-hydrogen) atoms. The molecule has 136 valence electrons. The third-order valence-corrected chi connectivity index (χ3v) is 4.37. The van der Waals surface area contributed by atoms with Gasteiger partial charge in [0, 0.05) is 32.2 Å². The summed E-state index contributed by atoms with van der Waals surface area (Å²) in [6.07, 6.45) is 3.18. The highest BCUT2D eigenvalue weighted by molar-refractivity contribution is 5.81. The molecule has 0 unspecified atom stereocenters. The van der Waals surface area contributed by atoms with E-state index in [1.807, 2.05) is 20.8 Å². The molecule has 8 nitrogen and oxygen atoms in total. The van der Waals surface area contributed by atoms with Crippen LogP contribution in [0.1, 0.15) is 26.7 Å². The second-order valence-electron chi connectivity index (χ2n) is 6.68. The van der Waals surface area contributed by atoms with Crippen LogP contribution in [0.5, 0.6) is 0 Å². The largest absolute Gasteiger partial charge is 0.472 e. The number of furan rings is 1.